The molecule has 0 spiro atoms. The Bertz CT molecular complexity index is 1310. The Morgan fingerprint density at radius 2 is 1.52 bits per heavy atom. The summed E-state index contributed by atoms with van der Waals surface area (Å²) in [5, 5.41) is 8.50. The van der Waals surface area contributed by atoms with Crippen LogP contribution in [0, 0.1) is 17.8 Å². The molecule has 0 aromatic heterocycles. The number of aliphatic imine (C=N–C) groups is 1. The smallest absolute Gasteiger partial charge is 0.310 e. The summed E-state index contributed by atoms with van der Waals surface area (Å²) in [6.45, 7) is 14.8. The largest absolute Gasteiger partial charge is 0.460 e. The molecule has 1 aromatic rings. The van der Waals surface area contributed by atoms with Gasteiger partial charge in [0.15, 0.2) is 17.5 Å². The lowest BCUT2D eigenvalue weighted by Crippen LogP contribution is -2.50. The van der Waals surface area contributed by atoms with Gasteiger partial charge in [-0.05, 0) is 72.3 Å². The van der Waals surface area contributed by atoms with E-state index >= 15 is 0 Å². The third-order valence-corrected chi connectivity index (χ3v) is 7.90. The SMILES string of the molecule is CN=C(N)NCCC[C@H](NC(=O)COCCN)C(=O)C[C@H](C(=O)N[C@@H](COC(C)(C)C)C(=O)C[C@@H](Cc1ccccc1)C(=O)OC(C)(C)C)C(C)C. The molecule has 0 unspecified atom stereocenters. The van der Waals surface area contributed by atoms with Gasteiger partial charge in [0, 0.05) is 38.9 Å². The van der Waals surface area contributed by atoms with Crippen LogP contribution in [-0.4, -0.2) is 98.6 Å². The van der Waals surface area contributed by atoms with E-state index in [1.165, 1.54) is 0 Å². The summed E-state index contributed by atoms with van der Waals surface area (Å²) in [6, 6.07) is 7.33. The number of guanidine groups is 1. The van der Waals surface area contributed by atoms with Crippen LogP contribution in [0.2, 0.25) is 0 Å². The molecule has 0 aliphatic carbocycles. The van der Waals surface area contributed by atoms with E-state index < -0.39 is 58.7 Å². The number of esters is 1. The molecule has 2 amide bonds. The van der Waals surface area contributed by atoms with E-state index in [4.69, 9.17) is 25.7 Å². The van der Waals surface area contributed by atoms with Crippen molar-refractivity contribution in [3.8, 4) is 0 Å². The molecule has 0 aliphatic heterocycles. The van der Waals surface area contributed by atoms with Crippen molar-refractivity contribution in [2.75, 3.05) is 40.0 Å². The lowest BCUT2D eigenvalue weighted by molar-refractivity contribution is -0.161. The van der Waals surface area contributed by atoms with Gasteiger partial charge in [0.05, 0.1) is 30.8 Å². The van der Waals surface area contributed by atoms with Crippen molar-refractivity contribution >= 4 is 35.3 Å². The Hall–Kier alpha value is -3.88. The van der Waals surface area contributed by atoms with E-state index in [2.05, 4.69) is 20.9 Å². The van der Waals surface area contributed by atoms with Gasteiger partial charge in [0.1, 0.15) is 18.2 Å². The van der Waals surface area contributed by atoms with Crippen LogP contribution < -0.4 is 27.4 Å². The molecule has 4 atom stereocenters. The second-order valence-corrected chi connectivity index (χ2v) is 15.2. The Kier molecular flexibility index (Phi) is 20.3. The van der Waals surface area contributed by atoms with Gasteiger partial charge in [-0.25, -0.2) is 0 Å². The summed E-state index contributed by atoms with van der Waals surface area (Å²) in [6.07, 6.45) is 0.613. The third-order valence-electron chi connectivity index (χ3n) is 7.90. The zero-order chi connectivity index (χ0) is 39.5. The normalized spacial score (nSPS) is 14.6. The van der Waals surface area contributed by atoms with E-state index in [-0.39, 0.29) is 69.7 Å². The quantitative estimate of drug-likeness (QED) is 0.0477. The number of benzene rings is 1. The maximum absolute atomic E-state index is 14.0. The number of nitrogens with one attached hydrogen (secondary N) is 3. The lowest BCUT2D eigenvalue weighted by atomic mass is 9.86. The highest BCUT2D eigenvalue weighted by molar-refractivity contribution is 5.95. The minimum Gasteiger partial charge on any atom is -0.460 e. The summed E-state index contributed by atoms with van der Waals surface area (Å²) >= 11 is 0. The maximum atomic E-state index is 14.0. The van der Waals surface area contributed by atoms with Gasteiger partial charge in [-0.1, -0.05) is 44.2 Å². The van der Waals surface area contributed by atoms with Gasteiger partial charge in [-0.3, -0.25) is 29.0 Å². The van der Waals surface area contributed by atoms with Crippen molar-refractivity contribution < 1.29 is 38.2 Å². The van der Waals surface area contributed by atoms with Crippen molar-refractivity contribution in [1.29, 1.82) is 0 Å². The van der Waals surface area contributed by atoms with Crippen molar-refractivity contribution in [2.45, 2.75) is 111 Å². The first-order valence-corrected chi connectivity index (χ1v) is 18.1. The molecule has 7 N–H and O–H groups in total. The van der Waals surface area contributed by atoms with Gasteiger partial charge in [0.25, 0.3) is 0 Å². The second kappa shape index (κ2) is 22.9. The molecule has 52 heavy (non-hydrogen) atoms. The van der Waals surface area contributed by atoms with Crippen LogP contribution >= 0.6 is 0 Å². The van der Waals surface area contributed by atoms with Gasteiger partial charge in [0.2, 0.25) is 11.8 Å². The summed E-state index contributed by atoms with van der Waals surface area (Å²) in [5.41, 5.74) is 10.6. The first-order chi connectivity index (χ1) is 24.3. The van der Waals surface area contributed by atoms with Crippen LogP contribution in [0.15, 0.2) is 35.3 Å². The molecule has 294 valence electrons. The highest BCUT2D eigenvalue weighted by Crippen LogP contribution is 2.22. The number of ether oxygens (including phenoxy) is 3. The summed E-state index contributed by atoms with van der Waals surface area (Å²) in [4.78, 5) is 71.5. The fourth-order valence-electron chi connectivity index (χ4n) is 5.12. The van der Waals surface area contributed by atoms with Crippen LogP contribution in [0.3, 0.4) is 0 Å². The van der Waals surface area contributed by atoms with Crippen molar-refractivity contribution in [2.24, 2.45) is 34.2 Å². The highest BCUT2D eigenvalue weighted by atomic mass is 16.6. The molecular formula is C38H64N6O8. The van der Waals surface area contributed by atoms with E-state index in [1.54, 1.807) is 27.8 Å². The van der Waals surface area contributed by atoms with Crippen molar-refractivity contribution in [3.05, 3.63) is 35.9 Å². The molecule has 0 bridgehead atoms. The van der Waals surface area contributed by atoms with E-state index in [9.17, 15) is 24.0 Å². The molecule has 0 radical (unpaired) electrons. The van der Waals surface area contributed by atoms with Gasteiger partial charge < -0.3 is 41.6 Å². The van der Waals surface area contributed by atoms with E-state index in [1.807, 2.05) is 65.0 Å². The van der Waals surface area contributed by atoms with E-state index in [0.717, 1.165) is 5.56 Å². The Morgan fingerprint density at radius 1 is 0.885 bits per heavy atom. The van der Waals surface area contributed by atoms with Gasteiger partial charge in [-0.15, -0.1) is 0 Å². The van der Waals surface area contributed by atoms with Gasteiger partial charge >= 0.3 is 5.97 Å². The first-order valence-electron chi connectivity index (χ1n) is 18.1. The molecule has 1 rings (SSSR count). The van der Waals surface area contributed by atoms with Crippen LogP contribution in [0.25, 0.3) is 0 Å². The molecule has 0 saturated carbocycles. The molecule has 14 heteroatoms. The number of nitrogens with zero attached hydrogens (tertiary/aromatic N) is 1. The van der Waals surface area contributed by atoms with Gasteiger partial charge in [-0.2, -0.15) is 0 Å². The number of amides is 2. The number of carbonyl (C=O) groups excluding carboxylic acids is 5. The minimum atomic E-state index is -1.10. The van der Waals surface area contributed by atoms with Crippen LogP contribution in [0.4, 0.5) is 0 Å². The van der Waals surface area contributed by atoms with Crippen molar-refractivity contribution in [1.82, 2.24) is 16.0 Å². The molecule has 0 aliphatic rings. The standard InChI is InChI=1S/C38H64N6O8/c1-25(2)28(22-32(46)29(16-13-18-42-36(40)41-9)43-33(47)24-50-19-17-39)34(48)44-30(23-51-37(3,4)5)31(45)21-27(35(49)52-38(6,7)8)20-26-14-11-10-12-15-26/h10-12,14-15,25,27-30H,13,16-24,39H2,1-9H3,(H,43,47)(H,44,48)(H3,40,41,42)/t27-,28+,29+,30+/m1/s1. The summed E-state index contributed by atoms with van der Waals surface area (Å²) in [7, 11) is 1.55. The van der Waals surface area contributed by atoms with Crippen LogP contribution in [0.5, 0.6) is 0 Å². The van der Waals surface area contributed by atoms with E-state index in [0.29, 0.717) is 13.0 Å². The average Bonchev–Trinajstić information content (AvgIpc) is 3.05. The fraction of sp³-hybridized carbons (Fsp3) is 0.684. The predicted molar refractivity (Wildman–Crippen MR) is 201 cm³/mol. The van der Waals surface area contributed by atoms with Crippen molar-refractivity contribution in [3.63, 3.8) is 0 Å². The molecule has 0 heterocycles. The Labute approximate surface area is 309 Å². The highest BCUT2D eigenvalue weighted by Gasteiger charge is 2.35. The number of hydrogen-bond donors (Lipinski definition) is 5. The molecular weight excluding hydrogens is 668 g/mol. The molecule has 1 aromatic carbocycles. The third kappa shape index (κ3) is 19.7. The average molecular weight is 733 g/mol. The lowest BCUT2D eigenvalue weighted by Gasteiger charge is -2.29. The number of hydrogen-bond acceptors (Lipinski definition) is 10. The zero-order valence-electron chi connectivity index (χ0n) is 32.7. The fourth-order valence-corrected chi connectivity index (χ4v) is 5.12. The Balaban J connectivity index is 3.26. The number of carbonyl (C=O) groups is 5. The Morgan fingerprint density at radius 3 is 2.08 bits per heavy atom. The van der Waals surface area contributed by atoms with Crippen LogP contribution in [-0.2, 0) is 44.6 Å². The molecule has 14 nitrogen and oxygen atoms in total. The number of ketones is 2. The number of rotatable bonds is 23. The number of nitrogens with two attached hydrogens (primary N) is 2. The topological polar surface area (TPSA) is 214 Å². The number of Topliss-reactive ketones (excluding diaryl/α,β-unsaturated/α-hetero) is 2. The first kappa shape index (κ1) is 46.1. The maximum Gasteiger partial charge on any atom is 0.310 e. The molecule has 0 fully saturated rings. The summed E-state index contributed by atoms with van der Waals surface area (Å²) in [5.74, 6) is -3.96. The monoisotopic (exact) mass is 732 g/mol. The second-order valence-electron chi connectivity index (χ2n) is 15.2. The van der Waals surface area contributed by atoms with Crippen LogP contribution in [0.1, 0.15) is 86.6 Å². The zero-order valence-corrected chi connectivity index (χ0v) is 32.7. The minimum absolute atomic E-state index is 0.141. The summed E-state index contributed by atoms with van der Waals surface area (Å²) < 4.78 is 16.9. The molecule has 0 saturated heterocycles. The predicted octanol–water partition coefficient (Wildman–Crippen LogP) is 2.45.